The number of aryl methyl sites for hydroxylation is 1. The van der Waals surface area contributed by atoms with Gasteiger partial charge in [-0.25, -0.2) is 0 Å². The maximum Gasteiger partial charge on any atom is 0.160 e. The molecule has 1 aromatic rings. The molecule has 0 saturated carbocycles. The highest BCUT2D eigenvalue weighted by atomic mass is 16.1. The van der Waals surface area contributed by atoms with Crippen LogP contribution < -0.4 is 0 Å². The molecule has 0 spiro atoms. The van der Waals surface area contributed by atoms with Crippen LogP contribution in [-0.4, -0.2) is 5.78 Å². The van der Waals surface area contributed by atoms with Crippen LogP contribution in [0.15, 0.2) is 24.3 Å². The predicted octanol–water partition coefficient (Wildman–Crippen LogP) is 2.84. The number of rotatable bonds is 3. The molecular formula is C11H14O. The van der Waals surface area contributed by atoms with Crippen molar-refractivity contribution in [1.82, 2.24) is 0 Å². The molecule has 1 rings (SSSR count). The van der Waals surface area contributed by atoms with E-state index >= 15 is 0 Å². The van der Waals surface area contributed by atoms with E-state index in [1.807, 2.05) is 24.3 Å². The minimum atomic E-state index is 0.166. The number of hydrogen-bond donors (Lipinski definition) is 0. The number of carbonyl (C=O) groups excluding carboxylic acids is 1. The molecule has 0 aromatic heterocycles. The van der Waals surface area contributed by atoms with Gasteiger partial charge in [0.25, 0.3) is 0 Å². The molecule has 0 fully saturated rings. The summed E-state index contributed by atoms with van der Waals surface area (Å²) in [6.07, 6.45) is 2.08. The number of hydrogen-bond acceptors (Lipinski definition) is 1. The summed E-state index contributed by atoms with van der Waals surface area (Å²) >= 11 is 0. The molecule has 0 bridgehead atoms. The summed E-state index contributed by atoms with van der Waals surface area (Å²) in [7, 11) is 0. The lowest BCUT2D eigenvalue weighted by atomic mass is 10.0. The summed E-state index contributed by atoms with van der Waals surface area (Å²) in [4.78, 5) is 11.1. The SMILES string of the molecule is CCCc1ccccc1C(C)=O. The second-order valence-electron chi connectivity index (χ2n) is 2.96. The second-order valence-corrected chi connectivity index (χ2v) is 2.96. The monoisotopic (exact) mass is 162 g/mol. The van der Waals surface area contributed by atoms with Crippen LogP contribution in [0.25, 0.3) is 0 Å². The third-order valence-corrected chi connectivity index (χ3v) is 1.92. The van der Waals surface area contributed by atoms with Crippen LogP contribution in [0.2, 0.25) is 0 Å². The molecule has 0 radical (unpaired) electrons. The normalized spacial score (nSPS) is 9.83. The highest BCUT2D eigenvalue weighted by Crippen LogP contribution is 2.11. The van der Waals surface area contributed by atoms with Crippen molar-refractivity contribution in [2.75, 3.05) is 0 Å². The second kappa shape index (κ2) is 4.05. The zero-order chi connectivity index (χ0) is 8.97. The van der Waals surface area contributed by atoms with Gasteiger partial charge in [0.1, 0.15) is 0 Å². The first-order valence-electron chi connectivity index (χ1n) is 4.34. The molecule has 64 valence electrons. The summed E-state index contributed by atoms with van der Waals surface area (Å²) in [5.74, 6) is 0.166. The zero-order valence-corrected chi connectivity index (χ0v) is 7.63. The maximum atomic E-state index is 11.1. The largest absolute Gasteiger partial charge is 0.295 e. The molecule has 1 heteroatoms. The Balaban J connectivity index is 3.00. The van der Waals surface area contributed by atoms with E-state index in [-0.39, 0.29) is 5.78 Å². The molecule has 0 unspecified atom stereocenters. The fraction of sp³-hybridized carbons (Fsp3) is 0.364. The van der Waals surface area contributed by atoms with Crippen LogP contribution in [0.5, 0.6) is 0 Å². The van der Waals surface area contributed by atoms with Crippen LogP contribution >= 0.6 is 0 Å². The van der Waals surface area contributed by atoms with E-state index in [0.717, 1.165) is 18.4 Å². The van der Waals surface area contributed by atoms with E-state index in [4.69, 9.17) is 0 Å². The van der Waals surface area contributed by atoms with Crippen LogP contribution in [0, 0.1) is 0 Å². The molecule has 1 aromatic carbocycles. The van der Waals surface area contributed by atoms with Gasteiger partial charge in [-0.2, -0.15) is 0 Å². The van der Waals surface area contributed by atoms with Gasteiger partial charge in [-0.3, -0.25) is 4.79 Å². The summed E-state index contributed by atoms with van der Waals surface area (Å²) in [6, 6.07) is 7.82. The molecule has 0 atom stereocenters. The Hall–Kier alpha value is -1.11. The average Bonchev–Trinajstić information content (AvgIpc) is 2.05. The summed E-state index contributed by atoms with van der Waals surface area (Å²) in [5.41, 5.74) is 2.05. The van der Waals surface area contributed by atoms with Gasteiger partial charge in [-0.15, -0.1) is 0 Å². The van der Waals surface area contributed by atoms with Crippen molar-refractivity contribution in [2.24, 2.45) is 0 Å². The first-order valence-corrected chi connectivity index (χ1v) is 4.34. The van der Waals surface area contributed by atoms with Crippen molar-refractivity contribution in [1.29, 1.82) is 0 Å². The third kappa shape index (κ3) is 1.94. The van der Waals surface area contributed by atoms with Crippen molar-refractivity contribution >= 4 is 5.78 Å². The van der Waals surface area contributed by atoms with Gasteiger partial charge < -0.3 is 0 Å². The van der Waals surface area contributed by atoms with Crippen molar-refractivity contribution in [3.05, 3.63) is 35.4 Å². The van der Waals surface area contributed by atoms with Gasteiger partial charge in [0, 0.05) is 5.56 Å². The van der Waals surface area contributed by atoms with Crippen LogP contribution in [-0.2, 0) is 6.42 Å². The molecule has 0 N–H and O–H groups in total. The first-order chi connectivity index (χ1) is 5.75. The topological polar surface area (TPSA) is 17.1 Å². The van der Waals surface area contributed by atoms with Gasteiger partial charge in [0.2, 0.25) is 0 Å². The quantitative estimate of drug-likeness (QED) is 0.624. The summed E-state index contributed by atoms with van der Waals surface area (Å²) in [6.45, 7) is 3.74. The number of benzene rings is 1. The highest BCUT2D eigenvalue weighted by Gasteiger charge is 2.03. The Bertz CT molecular complexity index is 276. The first kappa shape index (κ1) is 8.98. The molecule has 0 heterocycles. The van der Waals surface area contributed by atoms with E-state index in [0.29, 0.717) is 0 Å². The van der Waals surface area contributed by atoms with Crippen molar-refractivity contribution in [2.45, 2.75) is 26.7 Å². The molecule has 0 amide bonds. The lowest BCUT2D eigenvalue weighted by Crippen LogP contribution is -1.98. The minimum absolute atomic E-state index is 0.166. The summed E-state index contributed by atoms with van der Waals surface area (Å²) in [5, 5.41) is 0. The molecule has 1 nitrogen and oxygen atoms in total. The number of Topliss-reactive ketones (excluding diaryl/α,β-unsaturated/α-hetero) is 1. The van der Waals surface area contributed by atoms with Crippen LogP contribution in [0.3, 0.4) is 0 Å². The standard InChI is InChI=1S/C11H14O/c1-3-6-10-7-4-5-8-11(10)9(2)12/h4-5,7-8H,3,6H2,1-2H3. The Labute approximate surface area is 73.4 Å². The van der Waals surface area contributed by atoms with Gasteiger partial charge in [0.05, 0.1) is 0 Å². The number of carbonyl (C=O) groups is 1. The zero-order valence-electron chi connectivity index (χ0n) is 7.63. The van der Waals surface area contributed by atoms with E-state index in [1.54, 1.807) is 6.92 Å². The van der Waals surface area contributed by atoms with Crippen LogP contribution in [0.1, 0.15) is 36.2 Å². The fourth-order valence-corrected chi connectivity index (χ4v) is 1.35. The third-order valence-electron chi connectivity index (χ3n) is 1.92. The van der Waals surface area contributed by atoms with Crippen molar-refractivity contribution < 1.29 is 4.79 Å². The van der Waals surface area contributed by atoms with Gasteiger partial charge in [-0.05, 0) is 18.9 Å². The Kier molecular flexibility index (Phi) is 3.03. The number of ketones is 1. The van der Waals surface area contributed by atoms with Crippen molar-refractivity contribution in [3.8, 4) is 0 Å². The lowest BCUT2D eigenvalue weighted by molar-refractivity contribution is 0.101. The van der Waals surface area contributed by atoms with Gasteiger partial charge in [0.15, 0.2) is 5.78 Å². The Morgan fingerprint density at radius 2 is 2.00 bits per heavy atom. The molecule has 0 aliphatic heterocycles. The Morgan fingerprint density at radius 1 is 1.33 bits per heavy atom. The fourth-order valence-electron chi connectivity index (χ4n) is 1.35. The van der Waals surface area contributed by atoms with E-state index in [2.05, 4.69) is 6.92 Å². The molecule has 12 heavy (non-hydrogen) atoms. The maximum absolute atomic E-state index is 11.1. The summed E-state index contributed by atoms with van der Waals surface area (Å²) < 4.78 is 0. The van der Waals surface area contributed by atoms with Gasteiger partial charge >= 0.3 is 0 Å². The van der Waals surface area contributed by atoms with Crippen LogP contribution in [0.4, 0.5) is 0 Å². The molecule has 0 aliphatic rings. The predicted molar refractivity (Wildman–Crippen MR) is 50.4 cm³/mol. The molecular weight excluding hydrogens is 148 g/mol. The smallest absolute Gasteiger partial charge is 0.160 e. The van der Waals surface area contributed by atoms with E-state index in [1.165, 1.54) is 5.56 Å². The van der Waals surface area contributed by atoms with E-state index in [9.17, 15) is 4.79 Å². The van der Waals surface area contributed by atoms with Gasteiger partial charge in [-0.1, -0.05) is 37.6 Å². The van der Waals surface area contributed by atoms with Crippen molar-refractivity contribution in [3.63, 3.8) is 0 Å². The average molecular weight is 162 g/mol. The minimum Gasteiger partial charge on any atom is -0.295 e. The lowest BCUT2D eigenvalue weighted by Gasteiger charge is -2.03. The Morgan fingerprint density at radius 3 is 2.58 bits per heavy atom. The molecule has 0 saturated heterocycles. The highest BCUT2D eigenvalue weighted by molar-refractivity contribution is 5.95. The van der Waals surface area contributed by atoms with E-state index < -0.39 is 0 Å². The molecule has 0 aliphatic carbocycles.